The number of hydrogen-bond donors (Lipinski definition) is 0. The molecule has 2 aliphatic rings. The Morgan fingerprint density at radius 3 is 2.83 bits per heavy atom. The molecular weight excluding hydrogens is 304 g/mol. The summed E-state index contributed by atoms with van der Waals surface area (Å²) in [6.45, 7) is 5.95. The quantitative estimate of drug-likeness (QED) is 0.860. The summed E-state index contributed by atoms with van der Waals surface area (Å²) in [4.78, 5) is 11.6. The molecular formula is C18H24N4O2. The lowest BCUT2D eigenvalue weighted by Crippen LogP contribution is -2.40. The Morgan fingerprint density at radius 1 is 1.17 bits per heavy atom. The molecule has 6 heteroatoms. The predicted octanol–water partition coefficient (Wildman–Crippen LogP) is 2.83. The first-order valence-corrected chi connectivity index (χ1v) is 8.87. The fourth-order valence-electron chi connectivity index (χ4n) is 3.86. The molecule has 128 valence electrons. The van der Waals surface area contributed by atoms with Crippen molar-refractivity contribution in [2.24, 2.45) is 0 Å². The summed E-state index contributed by atoms with van der Waals surface area (Å²) >= 11 is 0. The van der Waals surface area contributed by atoms with Gasteiger partial charge in [-0.15, -0.1) is 0 Å². The highest BCUT2D eigenvalue weighted by atomic mass is 16.5. The SMILES string of the molecule is CCc1cccc(CN2CC[C@H]3O[C@@H](c4nc(C)no4)CC[C@H]32)n1. The van der Waals surface area contributed by atoms with Crippen LogP contribution < -0.4 is 0 Å². The average molecular weight is 328 g/mol. The molecule has 2 aliphatic heterocycles. The van der Waals surface area contributed by atoms with Crippen LogP contribution in [-0.4, -0.2) is 38.7 Å². The van der Waals surface area contributed by atoms with E-state index in [1.54, 1.807) is 0 Å². The van der Waals surface area contributed by atoms with Gasteiger partial charge in [-0.1, -0.05) is 18.1 Å². The Bertz CT molecular complexity index is 702. The largest absolute Gasteiger partial charge is 0.363 e. The maximum Gasteiger partial charge on any atom is 0.255 e. The van der Waals surface area contributed by atoms with Crippen molar-refractivity contribution in [2.75, 3.05) is 6.54 Å². The zero-order valence-corrected chi connectivity index (χ0v) is 14.3. The molecule has 0 amide bonds. The van der Waals surface area contributed by atoms with E-state index in [2.05, 4.69) is 40.2 Å². The molecule has 2 fully saturated rings. The molecule has 4 rings (SSSR count). The maximum atomic E-state index is 6.26. The first-order valence-electron chi connectivity index (χ1n) is 8.87. The number of pyridine rings is 1. The highest BCUT2D eigenvalue weighted by Gasteiger charge is 2.41. The molecule has 24 heavy (non-hydrogen) atoms. The zero-order valence-electron chi connectivity index (χ0n) is 14.3. The van der Waals surface area contributed by atoms with E-state index >= 15 is 0 Å². The normalized spacial score (nSPS) is 27.3. The van der Waals surface area contributed by atoms with E-state index in [4.69, 9.17) is 14.2 Å². The van der Waals surface area contributed by atoms with Gasteiger partial charge in [0, 0.05) is 24.8 Å². The van der Waals surface area contributed by atoms with Crippen LogP contribution in [0.25, 0.3) is 0 Å². The molecule has 0 saturated carbocycles. The Balaban J connectivity index is 1.41. The number of nitrogens with zero attached hydrogens (tertiary/aromatic N) is 4. The summed E-state index contributed by atoms with van der Waals surface area (Å²) in [5, 5.41) is 3.88. The highest BCUT2D eigenvalue weighted by molar-refractivity contribution is 5.12. The lowest BCUT2D eigenvalue weighted by molar-refractivity contribution is -0.0832. The van der Waals surface area contributed by atoms with Crippen LogP contribution in [-0.2, 0) is 17.7 Å². The van der Waals surface area contributed by atoms with E-state index in [9.17, 15) is 0 Å². The van der Waals surface area contributed by atoms with Crippen molar-refractivity contribution in [3.63, 3.8) is 0 Å². The fraction of sp³-hybridized carbons (Fsp3) is 0.611. The summed E-state index contributed by atoms with van der Waals surface area (Å²) in [5.41, 5.74) is 2.32. The van der Waals surface area contributed by atoms with Gasteiger partial charge in [0.05, 0.1) is 11.8 Å². The van der Waals surface area contributed by atoms with Crippen molar-refractivity contribution in [1.29, 1.82) is 0 Å². The summed E-state index contributed by atoms with van der Waals surface area (Å²) in [6, 6.07) is 6.80. The standard InChI is InChI=1S/C18H24N4O2/c1-3-13-5-4-6-14(20-13)11-22-10-9-16-15(22)7-8-17(23-16)18-19-12(2)21-24-18/h4-6,15-17H,3,7-11H2,1-2H3/t15-,16-,17-/m1/s1. The van der Waals surface area contributed by atoms with Gasteiger partial charge in [-0.2, -0.15) is 4.98 Å². The highest BCUT2D eigenvalue weighted by Crippen LogP contribution is 2.37. The van der Waals surface area contributed by atoms with E-state index in [0.717, 1.165) is 50.2 Å². The number of hydrogen-bond acceptors (Lipinski definition) is 6. The first-order chi connectivity index (χ1) is 11.7. The second-order valence-electron chi connectivity index (χ2n) is 6.72. The van der Waals surface area contributed by atoms with Gasteiger partial charge in [0.2, 0.25) is 0 Å². The van der Waals surface area contributed by atoms with Crippen LogP contribution in [0.15, 0.2) is 22.7 Å². The van der Waals surface area contributed by atoms with Crippen LogP contribution in [0.4, 0.5) is 0 Å². The molecule has 4 heterocycles. The van der Waals surface area contributed by atoms with Crippen LogP contribution in [0, 0.1) is 6.92 Å². The smallest absolute Gasteiger partial charge is 0.255 e. The molecule has 2 aromatic heterocycles. The van der Waals surface area contributed by atoms with Gasteiger partial charge in [-0.25, -0.2) is 0 Å². The average Bonchev–Trinajstić information content (AvgIpc) is 3.21. The molecule has 0 radical (unpaired) electrons. The van der Waals surface area contributed by atoms with Crippen LogP contribution in [0.1, 0.15) is 55.4 Å². The minimum Gasteiger partial charge on any atom is -0.363 e. The Morgan fingerprint density at radius 2 is 2.04 bits per heavy atom. The molecule has 6 nitrogen and oxygen atoms in total. The summed E-state index contributed by atoms with van der Waals surface area (Å²) in [7, 11) is 0. The monoisotopic (exact) mass is 328 g/mol. The third-order valence-corrected chi connectivity index (χ3v) is 5.07. The minimum absolute atomic E-state index is 0.0473. The van der Waals surface area contributed by atoms with Gasteiger partial charge < -0.3 is 9.26 Å². The van der Waals surface area contributed by atoms with Gasteiger partial charge in [0.1, 0.15) is 6.10 Å². The first kappa shape index (κ1) is 15.7. The van der Waals surface area contributed by atoms with E-state index in [-0.39, 0.29) is 12.2 Å². The third-order valence-electron chi connectivity index (χ3n) is 5.07. The molecule has 0 bridgehead atoms. The van der Waals surface area contributed by atoms with Crippen LogP contribution in [0.5, 0.6) is 0 Å². The third kappa shape index (κ3) is 3.08. The van der Waals surface area contributed by atoms with Gasteiger partial charge in [0.15, 0.2) is 5.82 Å². The van der Waals surface area contributed by atoms with Gasteiger partial charge in [0.25, 0.3) is 5.89 Å². The number of aryl methyl sites for hydroxylation is 2. The fourth-order valence-corrected chi connectivity index (χ4v) is 3.86. The van der Waals surface area contributed by atoms with Crippen molar-refractivity contribution in [3.05, 3.63) is 41.3 Å². The van der Waals surface area contributed by atoms with E-state index < -0.39 is 0 Å². The van der Waals surface area contributed by atoms with E-state index in [1.807, 2.05) is 6.92 Å². The predicted molar refractivity (Wildman–Crippen MR) is 88.3 cm³/mol. The minimum atomic E-state index is -0.0473. The number of rotatable bonds is 4. The summed E-state index contributed by atoms with van der Waals surface area (Å²) < 4.78 is 11.6. The number of aromatic nitrogens is 3. The van der Waals surface area contributed by atoms with Crippen molar-refractivity contribution in [3.8, 4) is 0 Å². The lowest BCUT2D eigenvalue weighted by atomic mass is 9.99. The topological polar surface area (TPSA) is 64.3 Å². The molecule has 3 atom stereocenters. The van der Waals surface area contributed by atoms with Crippen molar-refractivity contribution < 1.29 is 9.26 Å². The molecule has 0 unspecified atom stereocenters. The lowest BCUT2D eigenvalue weighted by Gasteiger charge is -2.34. The van der Waals surface area contributed by atoms with Crippen LogP contribution >= 0.6 is 0 Å². The molecule has 0 spiro atoms. The molecule has 0 aliphatic carbocycles. The molecule has 0 N–H and O–H groups in total. The number of ether oxygens (including phenoxy) is 1. The second kappa shape index (κ2) is 6.61. The van der Waals surface area contributed by atoms with Crippen molar-refractivity contribution >= 4 is 0 Å². The summed E-state index contributed by atoms with van der Waals surface area (Å²) in [5.74, 6) is 1.30. The Hall–Kier alpha value is -1.79. The van der Waals surface area contributed by atoms with Gasteiger partial charge >= 0.3 is 0 Å². The van der Waals surface area contributed by atoms with E-state index in [1.165, 1.54) is 0 Å². The zero-order chi connectivity index (χ0) is 16.5. The van der Waals surface area contributed by atoms with Crippen molar-refractivity contribution in [2.45, 2.75) is 64.3 Å². The van der Waals surface area contributed by atoms with Crippen molar-refractivity contribution in [1.82, 2.24) is 20.0 Å². The van der Waals surface area contributed by atoms with Crippen LogP contribution in [0.3, 0.4) is 0 Å². The van der Waals surface area contributed by atoms with Crippen LogP contribution in [0.2, 0.25) is 0 Å². The van der Waals surface area contributed by atoms with E-state index in [0.29, 0.717) is 17.8 Å². The number of fused-ring (bicyclic) bond motifs is 1. The second-order valence-corrected chi connectivity index (χ2v) is 6.72. The summed E-state index contributed by atoms with van der Waals surface area (Å²) in [6.07, 6.45) is 4.28. The maximum absolute atomic E-state index is 6.26. The van der Waals surface area contributed by atoms with Gasteiger partial charge in [-0.3, -0.25) is 9.88 Å². The Labute approximate surface area is 142 Å². The molecule has 2 aromatic rings. The Kier molecular flexibility index (Phi) is 4.33. The number of likely N-dealkylation sites (tertiary alicyclic amines) is 1. The van der Waals surface area contributed by atoms with Gasteiger partial charge in [-0.05, 0) is 44.7 Å². The molecule has 2 saturated heterocycles. The molecule has 0 aromatic carbocycles.